The van der Waals surface area contributed by atoms with Gasteiger partial charge in [0.2, 0.25) is 0 Å². The molecule has 0 saturated carbocycles. The lowest BCUT2D eigenvalue weighted by atomic mass is 9.86. The van der Waals surface area contributed by atoms with Gasteiger partial charge in [0.05, 0.1) is 7.11 Å². The number of hydrogen-bond acceptors (Lipinski definition) is 3. The number of phenols is 1. The van der Waals surface area contributed by atoms with Gasteiger partial charge in [-0.15, -0.1) is 0 Å². The van der Waals surface area contributed by atoms with E-state index >= 15 is 0 Å². The number of benzene rings is 2. The summed E-state index contributed by atoms with van der Waals surface area (Å²) in [6.45, 7) is 7.12. The van der Waals surface area contributed by atoms with E-state index in [0.29, 0.717) is 6.54 Å². The smallest absolute Gasteiger partial charge is 0.120 e. The largest absolute Gasteiger partial charge is 0.508 e. The molecule has 2 aromatic carbocycles. The van der Waals surface area contributed by atoms with Gasteiger partial charge in [-0.05, 0) is 35.2 Å². The van der Waals surface area contributed by atoms with Crippen molar-refractivity contribution in [1.29, 1.82) is 0 Å². The van der Waals surface area contributed by atoms with Crippen LogP contribution in [0.5, 0.6) is 11.5 Å². The molecule has 0 spiro atoms. The SMILES string of the molecule is COc1ccc(O)c(CNc2ccccc2C(C)(C)C)c1. The van der Waals surface area contributed by atoms with E-state index in [1.807, 2.05) is 12.1 Å². The lowest BCUT2D eigenvalue weighted by Crippen LogP contribution is -2.14. The molecule has 2 N–H and O–H groups in total. The van der Waals surface area contributed by atoms with E-state index in [2.05, 4.69) is 44.3 Å². The van der Waals surface area contributed by atoms with Crippen LogP contribution in [0.2, 0.25) is 0 Å². The molecule has 0 heterocycles. The Bertz CT molecular complexity index is 615. The number of aromatic hydroxyl groups is 1. The molecule has 0 aliphatic carbocycles. The predicted molar refractivity (Wildman–Crippen MR) is 87.1 cm³/mol. The van der Waals surface area contributed by atoms with Crippen molar-refractivity contribution in [3.63, 3.8) is 0 Å². The second-order valence-electron chi connectivity index (χ2n) is 6.14. The Hall–Kier alpha value is -2.16. The number of para-hydroxylation sites is 1. The van der Waals surface area contributed by atoms with E-state index in [0.717, 1.165) is 17.0 Å². The minimum atomic E-state index is 0.0695. The van der Waals surface area contributed by atoms with Crippen LogP contribution in [0.3, 0.4) is 0 Å². The predicted octanol–water partition coefficient (Wildman–Crippen LogP) is 4.31. The number of nitrogens with one attached hydrogen (secondary N) is 1. The quantitative estimate of drug-likeness (QED) is 0.879. The summed E-state index contributed by atoms with van der Waals surface area (Å²) in [6.07, 6.45) is 0. The molecule has 0 aromatic heterocycles. The first-order valence-electron chi connectivity index (χ1n) is 7.11. The second-order valence-corrected chi connectivity index (χ2v) is 6.14. The number of ether oxygens (including phenoxy) is 1. The van der Waals surface area contributed by atoms with Crippen molar-refractivity contribution in [2.75, 3.05) is 12.4 Å². The zero-order chi connectivity index (χ0) is 15.5. The summed E-state index contributed by atoms with van der Waals surface area (Å²) < 4.78 is 5.20. The first-order valence-corrected chi connectivity index (χ1v) is 7.11. The van der Waals surface area contributed by atoms with Crippen molar-refractivity contribution in [3.05, 3.63) is 53.6 Å². The Labute approximate surface area is 126 Å². The lowest BCUT2D eigenvalue weighted by Gasteiger charge is -2.23. The first kappa shape index (κ1) is 15.2. The summed E-state index contributed by atoms with van der Waals surface area (Å²) >= 11 is 0. The van der Waals surface area contributed by atoms with Crippen LogP contribution in [-0.2, 0) is 12.0 Å². The third-order valence-electron chi connectivity index (χ3n) is 3.49. The molecule has 0 saturated heterocycles. The summed E-state index contributed by atoms with van der Waals surface area (Å²) in [4.78, 5) is 0. The van der Waals surface area contributed by atoms with Crippen LogP contribution in [0.1, 0.15) is 31.9 Å². The molecule has 3 heteroatoms. The van der Waals surface area contributed by atoms with Gasteiger partial charge in [0.25, 0.3) is 0 Å². The van der Waals surface area contributed by atoms with Gasteiger partial charge >= 0.3 is 0 Å². The topological polar surface area (TPSA) is 41.5 Å². The van der Waals surface area contributed by atoms with Gasteiger partial charge in [-0.25, -0.2) is 0 Å². The molecule has 0 aliphatic rings. The zero-order valence-electron chi connectivity index (χ0n) is 13.1. The Kier molecular flexibility index (Phi) is 4.41. The van der Waals surface area contributed by atoms with Gasteiger partial charge in [-0.1, -0.05) is 39.0 Å². The van der Waals surface area contributed by atoms with Gasteiger partial charge in [-0.3, -0.25) is 0 Å². The summed E-state index contributed by atoms with van der Waals surface area (Å²) in [6, 6.07) is 13.5. The van der Waals surface area contributed by atoms with Crippen molar-refractivity contribution in [3.8, 4) is 11.5 Å². The van der Waals surface area contributed by atoms with Gasteiger partial charge in [0, 0.05) is 17.8 Å². The molecule has 0 atom stereocenters. The van der Waals surface area contributed by atoms with E-state index < -0.39 is 0 Å². The van der Waals surface area contributed by atoms with Crippen LogP contribution in [0.15, 0.2) is 42.5 Å². The van der Waals surface area contributed by atoms with E-state index in [9.17, 15) is 5.11 Å². The van der Waals surface area contributed by atoms with Crippen molar-refractivity contribution in [1.82, 2.24) is 0 Å². The Morgan fingerprint density at radius 3 is 2.48 bits per heavy atom. The molecule has 2 aromatic rings. The van der Waals surface area contributed by atoms with Crippen LogP contribution in [0.25, 0.3) is 0 Å². The van der Waals surface area contributed by atoms with Crippen molar-refractivity contribution in [2.24, 2.45) is 0 Å². The fourth-order valence-electron chi connectivity index (χ4n) is 2.31. The Morgan fingerprint density at radius 2 is 1.81 bits per heavy atom. The number of hydrogen-bond donors (Lipinski definition) is 2. The summed E-state index contributed by atoms with van der Waals surface area (Å²) in [7, 11) is 1.62. The first-order chi connectivity index (χ1) is 9.91. The van der Waals surface area contributed by atoms with Crippen LogP contribution in [0, 0.1) is 0 Å². The maximum Gasteiger partial charge on any atom is 0.120 e. The minimum Gasteiger partial charge on any atom is -0.508 e. The third-order valence-corrected chi connectivity index (χ3v) is 3.49. The highest BCUT2D eigenvalue weighted by atomic mass is 16.5. The van der Waals surface area contributed by atoms with Gasteiger partial charge in [-0.2, -0.15) is 0 Å². The molecule has 0 aliphatic heterocycles. The maximum absolute atomic E-state index is 9.94. The average Bonchev–Trinajstić information content (AvgIpc) is 2.46. The highest BCUT2D eigenvalue weighted by molar-refractivity contribution is 5.55. The molecule has 21 heavy (non-hydrogen) atoms. The van der Waals surface area contributed by atoms with E-state index in [4.69, 9.17) is 4.74 Å². The molecule has 3 nitrogen and oxygen atoms in total. The highest BCUT2D eigenvalue weighted by Gasteiger charge is 2.17. The molecule has 0 fully saturated rings. The number of methoxy groups -OCH3 is 1. The monoisotopic (exact) mass is 285 g/mol. The van der Waals surface area contributed by atoms with Crippen LogP contribution >= 0.6 is 0 Å². The molecule has 0 bridgehead atoms. The van der Waals surface area contributed by atoms with Crippen molar-refractivity contribution >= 4 is 5.69 Å². The van der Waals surface area contributed by atoms with Gasteiger partial charge in [0.15, 0.2) is 0 Å². The highest BCUT2D eigenvalue weighted by Crippen LogP contribution is 2.30. The minimum absolute atomic E-state index is 0.0695. The lowest BCUT2D eigenvalue weighted by molar-refractivity contribution is 0.411. The van der Waals surface area contributed by atoms with E-state index in [1.165, 1.54) is 5.56 Å². The third kappa shape index (κ3) is 3.69. The fraction of sp³-hybridized carbons (Fsp3) is 0.333. The molecule has 0 amide bonds. The molecule has 0 unspecified atom stereocenters. The molecule has 112 valence electrons. The number of phenolic OH excluding ortho intramolecular Hbond substituents is 1. The van der Waals surface area contributed by atoms with E-state index in [1.54, 1.807) is 19.2 Å². The zero-order valence-corrected chi connectivity index (χ0v) is 13.1. The van der Waals surface area contributed by atoms with Gasteiger partial charge < -0.3 is 15.2 Å². The van der Waals surface area contributed by atoms with Crippen molar-refractivity contribution in [2.45, 2.75) is 32.7 Å². The van der Waals surface area contributed by atoms with Crippen LogP contribution in [-0.4, -0.2) is 12.2 Å². The van der Waals surface area contributed by atoms with Gasteiger partial charge in [0.1, 0.15) is 11.5 Å². The molecular weight excluding hydrogens is 262 g/mol. The standard InChI is InChI=1S/C18H23NO2/c1-18(2,3)15-7-5-6-8-16(15)19-12-13-11-14(21-4)9-10-17(13)20/h5-11,19-20H,12H2,1-4H3. The number of rotatable bonds is 4. The Morgan fingerprint density at radius 1 is 1.10 bits per heavy atom. The van der Waals surface area contributed by atoms with E-state index in [-0.39, 0.29) is 11.2 Å². The normalized spacial score (nSPS) is 11.2. The number of anilines is 1. The average molecular weight is 285 g/mol. The second kappa shape index (κ2) is 6.08. The summed E-state index contributed by atoms with van der Waals surface area (Å²) in [5, 5.41) is 13.4. The molecular formula is C18H23NO2. The van der Waals surface area contributed by atoms with Crippen molar-refractivity contribution < 1.29 is 9.84 Å². The fourth-order valence-corrected chi connectivity index (χ4v) is 2.31. The van der Waals surface area contributed by atoms with Crippen LogP contribution < -0.4 is 10.1 Å². The summed E-state index contributed by atoms with van der Waals surface area (Å²) in [5.41, 5.74) is 3.23. The maximum atomic E-state index is 9.94. The Balaban J connectivity index is 2.21. The molecule has 0 radical (unpaired) electrons. The molecule has 2 rings (SSSR count). The van der Waals surface area contributed by atoms with Crippen LogP contribution in [0.4, 0.5) is 5.69 Å². The summed E-state index contributed by atoms with van der Waals surface area (Å²) in [5.74, 6) is 1.02.